The van der Waals surface area contributed by atoms with Gasteiger partial charge in [0.25, 0.3) is 11.5 Å². The van der Waals surface area contributed by atoms with Crippen molar-refractivity contribution in [1.82, 2.24) is 9.55 Å². The summed E-state index contributed by atoms with van der Waals surface area (Å²) in [4.78, 5) is 42.3. The molecule has 3 heterocycles. The number of nitrogens with one attached hydrogen (secondary N) is 1. The smallest absolute Gasteiger partial charge is 0.262 e. The van der Waals surface area contributed by atoms with Crippen LogP contribution in [0.5, 0.6) is 0 Å². The fourth-order valence-corrected chi connectivity index (χ4v) is 4.54. The molecule has 3 aromatic heterocycles. The van der Waals surface area contributed by atoms with Gasteiger partial charge in [-0.15, -0.1) is 22.7 Å². The van der Waals surface area contributed by atoms with Crippen molar-refractivity contribution in [2.75, 3.05) is 5.32 Å². The fourth-order valence-electron chi connectivity index (χ4n) is 2.74. The monoisotopic (exact) mass is 410 g/mol. The SMILES string of the molecule is NC(=O)c1ccsc1NC(=O)Cn1cnc2sc(-c3ccccc3)cc2c1=O. The molecule has 28 heavy (non-hydrogen) atoms. The third-order valence-electron chi connectivity index (χ3n) is 4.07. The molecule has 0 atom stereocenters. The minimum absolute atomic E-state index is 0.214. The zero-order chi connectivity index (χ0) is 19.7. The minimum Gasteiger partial charge on any atom is -0.366 e. The van der Waals surface area contributed by atoms with Crippen molar-refractivity contribution in [3.63, 3.8) is 0 Å². The van der Waals surface area contributed by atoms with Crippen molar-refractivity contribution in [2.45, 2.75) is 6.54 Å². The van der Waals surface area contributed by atoms with Gasteiger partial charge < -0.3 is 11.1 Å². The normalized spacial score (nSPS) is 10.9. The largest absolute Gasteiger partial charge is 0.366 e. The molecular weight excluding hydrogens is 396 g/mol. The first-order chi connectivity index (χ1) is 13.5. The predicted octanol–water partition coefficient (Wildman–Crippen LogP) is 2.92. The van der Waals surface area contributed by atoms with Crippen molar-refractivity contribution < 1.29 is 9.59 Å². The number of carbonyl (C=O) groups excluding carboxylic acids is 2. The minimum atomic E-state index is -0.622. The van der Waals surface area contributed by atoms with E-state index in [2.05, 4.69) is 10.3 Å². The lowest BCUT2D eigenvalue weighted by molar-refractivity contribution is -0.116. The molecule has 3 N–H and O–H groups in total. The predicted molar refractivity (Wildman–Crippen MR) is 111 cm³/mol. The first-order valence-corrected chi connectivity index (χ1v) is 9.94. The summed E-state index contributed by atoms with van der Waals surface area (Å²) >= 11 is 2.62. The van der Waals surface area contributed by atoms with Crippen LogP contribution in [0.2, 0.25) is 0 Å². The van der Waals surface area contributed by atoms with Crippen molar-refractivity contribution in [2.24, 2.45) is 5.73 Å². The molecule has 0 saturated carbocycles. The molecule has 0 aliphatic rings. The zero-order valence-electron chi connectivity index (χ0n) is 14.4. The number of primary amides is 1. The van der Waals surface area contributed by atoms with Crippen LogP contribution < -0.4 is 16.6 Å². The molecule has 1 aromatic carbocycles. The second-order valence-electron chi connectivity index (χ2n) is 5.95. The molecule has 2 amide bonds. The van der Waals surface area contributed by atoms with E-state index in [1.54, 1.807) is 17.5 Å². The number of nitrogens with zero attached hydrogens (tertiary/aromatic N) is 2. The second-order valence-corrected chi connectivity index (χ2v) is 7.90. The van der Waals surface area contributed by atoms with Crippen LogP contribution in [-0.4, -0.2) is 21.4 Å². The van der Waals surface area contributed by atoms with E-state index in [1.165, 1.54) is 33.6 Å². The van der Waals surface area contributed by atoms with Gasteiger partial charge in [0, 0.05) is 4.88 Å². The van der Waals surface area contributed by atoms with E-state index in [0.717, 1.165) is 10.4 Å². The maximum atomic E-state index is 12.8. The summed E-state index contributed by atoms with van der Waals surface area (Å²) in [7, 11) is 0. The quantitative estimate of drug-likeness (QED) is 0.527. The number of nitrogens with two attached hydrogens (primary N) is 1. The van der Waals surface area contributed by atoms with Crippen molar-refractivity contribution in [1.29, 1.82) is 0 Å². The molecular formula is C19H14N4O3S2. The molecule has 0 unspecified atom stereocenters. The first kappa shape index (κ1) is 18.1. The molecule has 0 bridgehead atoms. The van der Waals surface area contributed by atoms with E-state index in [9.17, 15) is 14.4 Å². The van der Waals surface area contributed by atoms with Gasteiger partial charge in [-0.3, -0.25) is 19.0 Å². The van der Waals surface area contributed by atoms with Crippen LogP contribution in [0.25, 0.3) is 20.7 Å². The Kier molecular flexibility index (Phi) is 4.76. The number of rotatable bonds is 5. The van der Waals surface area contributed by atoms with Crippen molar-refractivity contribution in [3.05, 3.63) is 70.1 Å². The second kappa shape index (κ2) is 7.37. The zero-order valence-corrected chi connectivity index (χ0v) is 16.0. The highest BCUT2D eigenvalue weighted by Crippen LogP contribution is 2.30. The standard InChI is InChI=1S/C19H14N4O3S2/c20-16(25)12-6-7-27-18(12)22-15(24)9-23-10-21-17-13(19(23)26)8-14(28-17)11-4-2-1-3-5-11/h1-8,10H,9H2,(H2,20,25)(H,22,24). The van der Waals surface area contributed by atoms with Crippen molar-refractivity contribution >= 4 is 49.7 Å². The topological polar surface area (TPSA) is 107 Å². The van der Waals surface area contributed by atoms with Gasteiger partial charge >= 0.3 is 0 Å². The Bertz CT molecular complexity index is 1240. The van der Waals surface area contributed by atoms with Crippen molar-refractivity contribution in [3.8, 4) is 10.4 Å². The molecule has 4 rings (SSSR count). The molecule has 7 nitrogen and oxygen atoms in total. The molecule has 0 aliphatic heterocycles. The van der Waals surface area contributed by atoms with E-state index in [4.69, 9.17) is 5.73 Å². The first-order valence-electron chi connectivity index (χ1n) is 8.24. The Morgan fingerprint density at radius 2 is 1.96 bits per heavy atom. The molecule has 0 radical (unpaired) electrons. The van der Waals surface area contributed by atoms with Gasteiger partial charge in [0.05, 0.1) is 17.3 Å². The van der Waals surface area contributed by atoms with Gasteiger partial charge in [0.2, 0.25) is 5.91 Å². The lowest BCUT2D eigenvalue weighted by Crippen LogP contribution is -2.28. The van der Waals surface area contributed by atoms with Crippen LogP contribution in [0.3, 0.4) is 0 Å². The van der Waals surface area contributed by atoms with E-state index < -0.39 is 11.8 Å². The number of amides is 2. The number of fused-ring (bicyclic) bond motifs is 1. The van der Waals surface area contributed by atoms with Crippen LogP contribution in [0.15, 0.2) is 59.0 Å². The third-order valence-corrected chi connectivity index (χ3v) is 6.00. The van der Waals surface area contributed by atoms with Gasteiger partial charge in [0.1, 0.15) is 16.4 Å². The van der Waals surface area contributed by atoms with E-state index in [0.29, 0.717) is 15.2 Å². The Hall–Kier alpha value is -3.30. The molecule has 0 saturated heterocycles. The summed E-state index contributed by atoms with van der Waals surface area (Å²) < 4.78 is 1.25. The highest BCUT2D eigenvalue weighted by molar-refractivity contribution is 7.21. The number of thiophene rings is 2. The number of anilines is 1. The molecule has 0 fully saturated rings. The van der Waals surface area contributed by atoms with Crippen LogP contribution in [-0.2, 0) is 11.3 Å². The Balaban J connectivity index is 1.60. The summed E-state index contributed by atoms with van der Waals surface area (Å²) in [5.41, 5.74) is 6.23. The summed E-state index contributed by atoms with van der Waals surface area (Å²) in [6.45, 7) is -0.214. The Labute approximate surface area is 167 Å². The average molecular weight is 410 g/mol. The highest BCUT2D eigenvalue weighted by Gasteiger charge is 2.15. The van der Waals surface area contributed by atoms with Crippen LogP contribution in [0.1, 0.15) is 10.4 Å². The Morgan fingerprint density at radius 3 is 2.71 bits per heavy atom. The third kappa shape index (κ3) is 3.45. The number of hydrogen-bond donors (Lipinski definition) is 2. The van der Waals surface area contributed by atoms with E-state index >= 15 is 0 Å². The molecule has 4 aromatic rings. The van der Waals surface area contributed by atoms with Gasteiger partial charge in [-0.1, -0.05) is 30.3 Å². The van der Waals surface area contributed by atoms with Gasteiger partial charge in [-0.05, 0) is 23.1 Å². The summed E-state index contributed by atoms with van der Waals surface area (Å²) in [6, 6.07) is 13.1. The van der Waals surface area contributed by atoms with Gasteiger partial charge in [-0.25, -0.2) is 4.98 Å². The van der Waals surface area contributed by atoms with Crippen LogP contribution in [0.4, 0.5) is 5.00 Å². The molecule has 0 aliphatic carbocycles. The lowest BCUT2D eigenvalue weighted by Gasteiger charge is -2.06. The number of carbonyl (C=O) groups is 2. The van der Waals surface area contributed by atoms with E-state index in [1.807, 2.05) is 30.3 Å². The number of aromatic nitrogens is 2. The Morgan fingerprint density at radius 1 is 1.18 bits per heavy atom. The summed E-state index contributed by atoms with van der Waals surface area (Å²) in [6.07, 6.45) is 1.36. The van der Waals surface area contributed by atoms with Gasteiger partial charge in [-0.2, -0.15) is 0 Å². The molecule has 0 spiro atoms. The maximum absolute atomic E-state index is 12.8. The van der Waals surface area contributed by atoms with Gasteiger partial charge in [0.15, 0.2) is 0 Å². The molecule has 9 heteroatoms. The summed E-state index contributed by atoms with van der Waals surface area (Å²) in [5, 5.41) is 5.11. The van der Waals surface area contributed by atoms with Crippen LogP contribution in [0, 0.1) is 0 Å². The van der Waals surface area contributed by atoms with E-state index in [-0.39, 0.29) is 17.7 Å². The average Bonchev–Trinajstić information content (AvgIpc) is 3.32. The maximum Gasteiger partial charge on any atom is 0.262 e. The number of hydrogen-bond acceptors (Lipinski definition) is 6. The summed E-state index contributed by atoms with van der Waals surface area (Å²) in [5.74, 6) is -1.06. The fraction of sp³-hybridized carbons (Fsp3) is 0.0526. The highest BCUT2D eigenvalue weighted by atomic mass is 32.1. The van der Waals surface area contributed by atoms with Crippen LogP contribution >= 0.6 is 22.7 Å². The number of benzene rings is 1. The lowest BCUT2D eigenvalue weighted by atomic mass is 10.2. The molecule has 140 valence electrons.